The van der Waals surface area contributed by atoms with Crippen LogP contribution in [0.3, 0.4) is 0 Å². The highest BCUT2D eigenvalue weighted by atomic mass is 35.5. The quantitative estimate of drug-likeness (QED) is 0.296. The fourth-order valence-electron chi connectivity index (χ4n) is 3.62. The number of hydrogen-bond acceptors (Lipinski definition) is 6. The van der Waals surface area contributed by atoms with Crippen LogP contribution in [-0.2, 0) is 12.0 Å². The largest absolute Gasteiger partial charge is 0.493 e. The van der Waals surface area contributed by atoms with Gasteiger partial charge in [0.25, 0.3) is 5.91 Å². The first kappa shape index (κ1) is 30.1. The molecule has 12 heteroatoms. The normalized spacial score (nSPS) is 13.9. The van der Waals surface area contributed by atoms with Crippen molar-refractivity contribution >= 4 is 17.5 Å². The summed E-state index contributed by atoms with van der Waals surface area (Å²) in [5, 5.41) is 11.5. The number of amides is 1. The number of nitrogens with one attached hydrogen (secondary N) is 1. The molecule has 1 amide bonds. The minimum absolute atomic E-state index is 0.0210. The Labute approximate surface area is 227 Å². The molecule has 0 aliphatic rings. The lowest BCUT2D eigenvalue weighted by atomic mass is 9.84. The number of rotatable bonds is 10. The Balaban J connectivity index is 1.93. The molecule has 1 unspecified atom stereocenters. The zero-order chi connectivity index (χ0) is 29.0. The molecule has 0 aliphatic carbocycles. The second-order valence-electron chi connectivity index (χ2n) is 9.12. The van der Waals surface area contributed by atoms with Gasteiger partial charge in [-0.2, -0.15) is 13.2 Å². The van der Waals surface area contributed by atoms with Gasteiger partial charge in [-0.25, -0.2) is 4.39 Å². The van der Waals surface area contributed by atoms with Crippen LogP contribution in [0.5, 0.6) is 11.5 Å². The highest BCUT2D eigenvalue weighted by Gasteiger charge is 2.53. The fraction of sp³-hybridized carbons (Fsp3) is 0.333. The predicted octanol–water partition coefficient (Wildman–Crippen LogP) is 5.02. The van der Waals surface area contributed by atoms with Crippen molar-refractivity contribution < 1.29 is 36.9 Å². The number of hydrogen-bond donors (Lipinski definition) is 3. The van der Waals surface area contributed by atoms with Gasteiger partial charge in [0.15, 0.2) is 11.5 Å². The molecule has 2 atom stereocenters. The van der Waals surface area contributed by atoms with Gasteiger partial charge in [-0.3, -0.25) is 9.78 Å². The van der Waals surface area contributed by atoms with Gasteiger partial charge in [-0.1, -0.05) is 11.6 Å². The number of carbonyl (C=O) groups is 1. The number of nitrogens with zero attached hydrogens (tertiary/aromatic N) is 1. The number of nitrogens with two attached hydrogens (primary N) is 1. The smallest absolute Gasteiger partial charge is 0.401 e. The molecule has 210 valence electrons. The second-order valence-corrected chi connectivity index (χ2v) is 9.52. The third-order valence-corrected chi connectivity index (χ3v) is 6.33. The number of aliphatic hydroxyl groups is 1. The van der Waals surface area contributed by atoms with Gasteiger partial charge in [0.1, 0.15) is 17.8 Å². The lowest BCUT2D eigenvalue weighted by Crippen LogP contribution is -2.49. The highest BCUT2D eigenvalue weighted by molar-refractivity contribution is 6.31. The lowest BCUT2D eigenvalue weighted by Gasteiger charge is -2.32. The number of aliphatic hydroxyl groups excluding tert-OH is 1. The molecule has 3 aromatic rings. The van der Waals surface area contributed by atoms with Gasteiger partial charge < -0.3 is 25.6 Å². The van der Waals surface area contributed by atoms with Crippen LogP contribution in [0.1, 0.15) is 35.5 Å². The van der Waals surface area contributed by atoms with Crippen molar-refractivity contribution in [1.29, 1.82) is 0 Å². The molecule has 0 bridgehead atoms. The van der Waals surface area contributed by atoms with Crippen molar-refractivity contribution in [3.8, 4) is 22.8 Å². The molecule has 0 saturated carbocycles. The van der Waals surface area contributed by atoms with Gasteiger partial charge in [-0.15, -0.1) is 0 Å². The molecule has 0 spiro atoms. The molecule has 7 nitrogen and oxygen atoms in total. The van der Waals surface area contributed by atoms with E-state index >= 15 is 0 Å². The van der Waals surface area contributed by atoms with E-state index in [2.05, 4.69) is 10.3 Å². The summed E-state index contributed by atoms with van der Waals surface area (Å²) in [5.74, 6) is -1.04. The summed E-state index contributed by atoms with van der Waals surface area (Å²) in [6.45, 7) is 1.50. The number of aromatic nitrogens is 1. The van der Waals surface area contributed by atoms with Crippen LogP contribution in [0.25, 0.3) is 11.3 Å². The third kappa shape index (κ3) is 6.97. The van der Waals surface area contributed by atoms with E-state index in [4.69, 9.17) is 26.8 Å². The average Bonchev–Trinajstić information content (AvgIpc) is 2.90. The Bertz CT molecular complexity index is 1340. The monoisotopic (exact) mass is 569 g/mol. The van der Waals surface area contributed by atoms with Gasteiger partial charge >= 0.3 is 6.18 Å². The molecule has 0 aliphatic heterocycles. The van der Waals surface area contributed by atoms with Gasteiger partial charge in [0, 0.05) is 24.2 Å². The maximum absolute atomic E-state index is 14.5. The molecular weight excluding hydrogens is 542 g/mol. The van der Waals surface area contributed by atoms with Crippen LogP contribution in [0.4, 0.5) is 17.6 Å². The number of pyridine rings is 1. The van der Waals surface area contributed by atoms with E-state index in [1.54, 1.807) is 0 Å². The third-order valence-electron chi connectivity index (χ3n) is 6.04. The minimum Gasteiger partial charge on any atom is -0.493 e. The fourth-order valence-corrected chi connectivity index (χ4v) is 3.81. The Morgan fingerprint density at radius 1 is 1.15 bits per heavy atom. The Hall–Kier alpha value is -3.41. The average molecular weight is 570 g/mol. The van der Waals surface area contributed by atoms with Gasteiger partial charge in [-0.05, 0) is 67.9 Å². The molecular formula is C27H28ClF4N3O4. The molecule has 0 radical (unpaired) electrons. The Kier molecular flexibility index (Phi) is 9.42. The number of ether oxygens (including phenoxy) is 2. The van der Waals surface area contributed by atoms with Crippen molar-refractivity contribution in [2.75, 3.05) is 20.3 Å². The summed E-state index contributed by atoms with van der Waals surface area (Å²) in [5.41, 5.74) is 3.56. The zero-order valence-corrected chi connectivity index (χ0v) is 22.2. The number of alkyl halides is 3. The summed E-state index contributed by atoms with van der Waals surface area (Å²) < 4.78 is 67.8. The lowest BCUT2D eigenvalue weighted by molar-refractivity contribution is -0.184. The van der Waals surface area contributed by atoms with Gasteiger partial charge in [0.05, 0.1) is 29.6 Å². The van der Waals surface area contributed by atoms with E-state index in [9.17, 15) is 27.5 Å². The van der Waals surface area contributed by atoms with E-state index in [-0.39, 0.29) is 46.6 Å². The van der Waals surface area contributed by atoms with Crippen LogP contribution in [0, 0.1) is 5.82 Å². The number of benzene rings is 2. The van der Waals surface area contributed by atoms with E-state index < -0.39 is 36.0 Å². The zero-order valence-electron chi connectivity index (χ0n) is 21.4. The first-order valence-electron chi connectivity index (χ1n) is 11.8. The summed E-state index contributed by atoms with van der Waals surface area (Å²) >= 11 is 5.86. The molecule has 1 heterocycles. The standard InChI is InChI=1S/C27H28ClF4N3O4/c1-15(36)13-39-22-7-5-18(11-23(22)38-3)25(37)34-14-26(2,27(30,31)32)24-9-16(12-33)8-21(35-24)17-4-6-20(29)19(28)10-17/h4-11,15,36H,12-14,33H2,1-3H3,(H,34,37)/t15-,26?/m1/s1. The van der Waals surface area contributed by atoms with Crippen molar-refractivity contribution in [3.63, 3.8) is 0 Å². The summed E-state index contributed by atoms with van der Waals surface area (Å²) in [7, 11) is 1.34. The maximum Gasteiger partial charge on any atom is 0.401 e. The topological polar surface area (TPSA) is 107 Å². The Morgan fingerprint density at radius 3 is 2.46 bits per heavy atom. The molecule has 1 aromatic heterocycles. The van der Waals surface area contributed by atoms with E-state index in [0.29, 0.717) is 11.1 Å². The molecule has 2 aromatic carbocycles. The van der Waals surface area contributed by atoms with Gasteiger partial charge in [0.2, 0.25) is 0 Å². The van der Waals surface area contributed by atoms with Crippen LogP contribution < -0.4 is 20.5 Å². The predicted molar refractivity (Wildman–Crippen MR) is 138 cm³/mol. The van der Waals surface area contributed by atoms with Crippen LogP contribution in [0.15, 0.2) is 48.5 Å². The Morgan fingerprint density at radius 2 is 1.87 bits per heavy atom. The first-order chi connectivity index (χ1) is 18.3. The van der Waals surface area contributed by atoms with Crippen molar-refractivity contribution in [3.05, 3.63) is 76.2 Å². The molecule has 4 N–H and O–H groups in total. The maximum atomic E-state index is 14.5. The van der Waals surface area contributed by atoms with E-state index in [1.165, 1.54) is 56.5 Å². The molecule has 3 rings (SSSR count). The van der Waals surface area contributed by atoms with Crippen LogP contribution >= 0.6 is 11.6 Å². The van der Waals surface area contributed by atoms with E-state index in [0.717, 1.165) is 13.0 Å². The molecule has 39 heavy (non-hydrogen) atoms. The van der Waals surface area contributed by atoms with Crippen LogP contribution in [-0.4, -0.2) is 48.5 Å². The SMILES string of the molecule is COc1cc(C(=O)NCC(C)(c2cc(CN)cc(-c3ccc(F)c(Cl)c3)n2)C(F)(F)F)ccc1OC[C@@H](C)O. The summed E-state index contributed by atoms with van der Waals surface area (Å²) in [6.07, 6.45) is -5.57. The van der Waals surface area contributed by atoms with Crippen molar-refractivity contribution in [2.24, 2.45) is 5.73 Å². The summed E-state index contributed by atoms with van der Waals surface area (Å²) in [6, 6.07) is 10.5. The van der Waals surface area contributed by atoms with Crippen LogP contribution in [0.2, 0.25) is 5.02 Å². The number of carbonyl (C=O) groups excluding carboxylic acids is 1. The summed E-state index contributed by atoms with van der Waals surface area (Å²) in [4.78, 5) is 17.1. The molecule has 0 saturated heterocycles. The van der Waals surface area contributed by atoms with E-state index in [1.807, 2.05) is 0 Å². The second kappa shape index (κ2) is 12.2. The number of methoxy groups -OCH3 is 1. The number of halogens is 5. The molecule has 0 fully saturated rings. The highest BCUT2D eigenvalue weighted by Crippen LogP contribution is 2.41. The minimum atomic E-state index is -4.82. The first-order valence-corrected chi connectivity index (χ1v) is 12.2. The van der Waals surface area contributed by atoms with Crippen molar-refractivity contribution in [1.82, 2.24) is 10.3 Å². The van der Waals surface area contributed by atoms with Crippen molar-refractivity contribution in [2.45, 2.75) is 38.1 Å².